The number of carbonyl (C=O) groups excluding carboxylic acids is 1. The molecule has 1 aromatic rings. The molecular formula is C10H12NO. The second-order valence-electron chi connectivity index (χ2n) is 2.93. The van der Waals surface area contributed by atoms with Crippen LogP contribution in [0.4, 0.5) is 0 Å². The Kier molecular flexibility index (Phi) is 3.00. The number of carbonyl (C=O) groups is 1. The Bertz CT molecular complexity index is 253. The lowest BCUT2D eigenvalue weighted by molar-refractivity contribution is -0.109. The maximum atomic E-state index is 10.2. The Morgan fingerprint density at radius 3 is 2.50 bits per heavy atom. The van der Waals surface area contributed by atoms with Gasteiger partial charge in [0.1, 0.15) is 6.29 Å². The summed E-state index contributed by atoms with van der Waals surface area (Å²) in [5.41, 5.74) is 9.49. The van der Waals surface area contributed by atoms with Crippen LogP contribution >= 0.6 is 0 Å². The van der Waals surface area contributed by atoms with E-state index >= 15 is 0 Å². The van der Waals surface area contributed by atoms with Gasteiger partial charge in [-0.25, -0.2) is 5.73 Å². The SMILES string of the molecule is Cc1ccc(CC([NH])C=O)cc1. The van der Waals surface area contributed by atoms with E-state index in [-0.39, 0.29) is 0 Å². The number of hydrogen-bond acceptors (Lipinski definition) is 1. The Morgan fingerprint density at radius 1 is 1.42 bits per heavy atom. The van der Waals surface area contributed by atoms with Crippen LogP contribution in [0.3, 0.4) is 0 Å². The number of rotatable bonds is 3. The summed E-state index contributed by atoms with van der Waals surface area (Å²) in [6.45, 7) is 2.02. The summed E-state index contributed by atoms with van der Waals surface area (Å²) >= 11 is 0. The molecule has 1 rings (SSSR count). The molecule has 0 bridgehead atoms. The zero-order chi connectivity index (χ0) is 8.97. The Morgan fingerprint density at radius 2 is 2.00 bits per heavy atom. The molecule has 2 nitrogen and oxygen atoms in total. The zero-order valence-electron chi connectivity index (χ0n) is 7.08. The van der Waals surface area contributed by atoms with Crippen LogP contribution in [0.5, 0.6) is 0 Å². The highest BCUT2D eigenvalue weighted by Crippen LogP contribution is 2.04. The van der Waals surface area contributed by atoms with Crippen LogP contribution in [0, 0.1) is 6.92 Å². The average molecular weight is 162 g/mol. The Labute approximate surface area is 72.4 Å². The molecule has 1 aromatic carbocycles. The minimum absolute atomic E-state index is 0.518. The van der Waals surface area contributed by atoms with Gasteiger partial charge in [-0.1, -0.05) is 29.8 Å². The van der Waals surface area contributed by atoms with E-state index in [1.54, 1.807) is 0 Å². The molecule has 1 N–H and O–H groups in total. The van der Waals surface area contributed by atoms with Gasteiger partial charge in [-0.2, -0.15) is 0 Å². The van der Waals surface area contributed by atoms with E-state index in [4.69, 9.17) is 5.73 Å². The number of nitrogens with one attached hydrogen (secondary N) is 1. The van der Waals surface area contributed by atoms with E-state index in [1.165, 1.54) is 5.56 Å². The fourth-order valence-corrected chi connectivity index (χ4v) is 1.03. The van der Waals surface area contributed by atoms with Crippen LogP contribution in [-0.2, 0) is 11.2 Å². The molecule has 0 saturated carbocycles. The summed E-state index contributed by atoms with van der Waals surface area (Å²) in [7, 11) is 0. The molecule has 0 aromatic heterocycles. The molecule has 1 radical (unpaired) electrons. The highest BCUT2D eigenvalue weighted by Gasteiger charge is 2.01. The smallest absolute Gasteiger partial charge is 0.138 e. The summed E-state index contributed by atoms with van der Waals surface area (Å²) in [4.78, 5) is 10.2. The van der Waals surface area contributed by atoms with Gasteiger partial charge in [-0.05, 0) is 18.9 Å². The molecule has 0 fully saturated rings. The van der Waals surface area contributed by atoms with Gasteiger partial charge in [0.05, 0.1) is 6.04 Å². The van der Waals surface area contributed by atoms with Crippen LogP contribution in [0.15, 0.2) is 24.3 Å². The van der Waals surface area contributed by atoms with Crippen molar-refractivity contribution in [1.82, 2.24) is 5.73 Å². The van der Waals surface area contributed by atoms with Crippen LogP contribution < -0.4 is 5.73 Å². The molecule has 0 spiro atoms. The second kappa shape index (κ2) is 4.02. The van der Waals surface area contributed by atoms with Crippen LogP contribution in [0.25, 0.3) is 0 Å². The molecule has 0 aliphatic heterocycles. The molecule has 0 saturated heterocycles. The second-order valence-corrected chi connectivity index (χ2v) is 2.93. The van der Waals surface area contributed by atoms with E-state index in [9.17, 15) is 4.79 Å². The lowest BCUT2D eigenvalue weighted by Gasteiger charge is -2.02. The van der Waals surface area contributed by atoms with Crippen LogP contribution in [0.2, 0.25) is 0 Å². The largest absolute Gasteiger partial charge is 0.302 e. The van der Waals surface area contributed by atoms with Gasteiger partial charge in [0.2, 0.25) is 0 Å². The minimum Gasteiger partial charge on any atom is -0.302 e. The van der Waals surface area contributed by atoms with Crippen LogP contribution in [0.1, 0.15) is 11.1 Å². The summed E-state index contributed by atoms with van der Waals surface area (Å²) in [6, 6.07) is 7.29. The van der Waals surface area contributed by atoms with Gasteiger partial charge in [-0.15, -0.1) is 0 Å². The predicted molar refractivity (Wildman–Crippen MR) is 47.8 cm³/mol. The molecular weight excluding hydrogens is 150 g/mol. The molecule has 0 aliphatic rings. The third-order valence-corrected chi connectivity index (χ3v) is 1.74. The molecule has 0 heterocycles. The lowest BCUT2D eigenvalue weighted by Crippen LogP contribution is -2.13. The summed E-state index contributed by atoms with van der Waals surface area (Å²) in [5, 5.41) is 0. The predicted octanol–water partition coefficient (Wildman–Crippen LogP) is 1.39. The zero-order valence-corrected chi connectivity index (χ0v) is 7.08. The lowest BCUT2D eigenvalue weighted by atomic mass is 10.1. The van der Waals surface area contributed by atoms with Gasteiger partial charge >= 0.3 is 0 Å². The normalized spacial score (nSPS) is 12.5. The van der Waals surface area contributed by atoms with Crippen molar-refractivity contribution in [3.63, 3.8) is 0 Å². The third kappa shape index (κ3) is 2.47. The number of benzene rings is 1. The van der Waals surface area contributed by atoms with Crippen LogP contribution in [-0.4, -0.2) is 12.3 Å². The fraction of sp³-hybridized carbons (Fsp3) is 0.300. The maximum absolute atomic E-state index is 10.2. The van der Waals surface area contributed by atoms with Crippen molar-refractivity contribution in [2.45, 2.75) is 19.4 Å². The van der Waals surface area contributed by atoms with Crippen molar-refractivity contribution in [3.05, 3.63) is 35.4 Å². The summed E-state index contributed by atoms with van der Waals surface area (Å²) < 4.78 is 0. The van der Waals surface area contributed by atoms with Gasteiger partial charge < -0.3 is 4.79 Å². The molecule has 63 valence electrons. The van der Waals surface area contributed by atoms with Crippen molar-refractivity contribution in [3.8, 4) is 0 Å². The number of hydrogen-bond donors (Lipinski definition) is 0. The summed E-state index contributed by atoms with van der Waals surface area (Å²) in [6.07, 6.45) is 1.18. The standard InChI is InChI=1S/C10H12NO/c1-8-2-4-9(5-3-8)6-10(11)7-12/h2-5,7,10-11H,6H2,1H3. The number of aldehydes is 1. The molecule has 1 unspecified atom stereocenters. The monoisotopic (exact) mass is 162 g/mol. The van der Waals surface area contributed by atoms with E-state index in [0.29, 0.717) is 12.7 Å². The fourth-order valence-electron chi connectivity index (χ4n) is 1.03. The van der Waals surface area contributed by atoms with Crippen molar-refractivity contribution < 1.29 is 4.79 Å². The number of aryl methyl sites for hydroxylation is 1. The molecule has 0 amide bonds. The molecule has 0 aliphatic carbocycles. The van der Waals surface area contributed by atoms with Gasteiger partial charge in [0.15, 0.2) is 0 Å². The molecule has 1 atom stereocenters. The first-order chi connectivity index (χ1) is 5.72. The maximum Gasteiger partial charge on any atom is 0.138 e. The van der Waals surface area contributed by atoms with E-state index in [1.807, 2.05) is 31.2 Å². The van der Waals surface area contributed by atoms with Crippen molar-refractivity contribution in [2.24, 2.45) is 0 Å². The topological polar surface area (TPSA) is 40.9 Å². The average Bonchev–Trinajstić information content (AvgIpc) is 2.09. The molecule has 12 heavy (non-hydrogen) atoms. The van der Waals surface area contributed by atoms with E-state index < -0.39 is 6.04 Å². The third-order valence-electron chi connectivity index (χ3n) is 1.74. The highest BCUT2D eigenvalue weighted by atomic mass is 16.1. The van der Waals surface area contributed by atoms with Gasteiger partial charge in [0, 0.05) is 0 Å². The van der Waals surface area contributed by atoms with Crippen molar-refractivity contribution in [1.29, 1.82) is 0 Å². The highest BCUT2D eigenvalue weighted by molar-refractivity contribution is 5.57. The first-order valence-electron chi connectivity index (χ1n) is 3.94. The minimum atomic E-state index is -0.618. The van der Waals surface area contributed by atoms with Gasteiger partial charge in [0.25, 0.3) is 0 Å². The van der Waals surface area contributed by atoms with Crippen molar-refractivity contribution in [2.75, 3.05) is 0 Å². The quantitative estimate of drug-likeness (QED) is 0.619. The Balaban J connectivity index is 2.64. The van der Waals surface area contributed by atoms with E-state index in [2.05, 4.69) is 0 Å². The first-order valence-corrected chi connectivity index (χ1v) is 3.94. The van der Waals surface area contributed by atoms with Gasteiger partial charge in [-0.3, -0.25) is 0 Å². The summed E-state index contributed by atoms with van der Waals surface area (Å²) in [5.74, 6) is 0. The molecule has 2 heteroatoms. The first kappa shape index (κ1) is 8.94. The van der Waals surface area contributed by atoms with Crippen molar-refractivity contribution >= 4 is 6.29 Å². The van der Waals surface area contributed by atoms with E-state index in [0.717, 1.165) is 5.56 Å². The Hall–Kier alpha value is -1.15.